The average molecular weight is 156 g/mol. The number of hydrogen-bond acceptors (Lipinski definition) is 2. The van der Waals surface area contributed by atoms with Crippen LogP contribution in [0.1, 0.15) is 11.7 Å². The molecule has 1 fully saturated rings. The van der Waals surface area contributed by atoms with Gasteiger partial charge in [0, 0.05) is 11.8 Å². The molecule has 1 atom stereocenters. The summed E-state index contributed by atoms with van der Waals surface area (Å²) in [6.07, 6.45) is 1.88. The highest BCUT2D eigenvalue weighted by Crippen LogP contribution is 2.32. The van der Waals surface area contributed by atoms with E-state index in [9.17, 15) is 0 Å². The van der Waals surface area contributed by atoms with Crippen LogP contribution < -0.4 is 0 Å². The summed E-state index contributed by atoms with van der Waals surface area (Å²) < 4.78 is 5.05. The molecule has 1 saturated heterocycles. The van der Waals surface area contributed by atoms with Crippen molar-refractivity contribution >= 4 is 11.6 Å². The van der Waals surface area contributed by atoms with Gasteiger partial charge in [-0.05, 0) is 6.07 Å². The molecule has 0 N–H and O–H groups in total. The van der Waals surface area contributed by atoms with Crippen molar-refractivity contribution in [2.24, 2.45) is 0 Å². The van der Waals surface area contributed by atoms with Crippen molar-refractivity contribution in [2.45, 2.75) is 6.10 Å². The summed E-state index contributed by atoms with van der Waals surface area (Å²) in [6, 6.07) is 3.80. The highest BCUT2D eigenvalue weighted by atomic mass is 35.5. The second kappa shape index (κ2) is 2.22. The highest BCUT2D eigenvalue weighted by Gasteiger charge is 2.26. The van der Waals surface area contributed by atoms with Gasteiger partial charge in [-0.15, -0.1) is 0 Å². The lowest BCUT2D eigenvalue weighted by Gasteiger charge is -1.95. The van der Waals surface area contributed by atoms with E-state index in [1.165, 1.54) is 0 Å². The molecule has 0 amide bonds. The van der Waals surface area contributed by atoms with Gasteiger partial charge in [0.15, 0.2) is 0 Å². The number of rotatable bonds is 1. The highest BCUT2D eigenvalue weighted by molar-refractivity contribution is 6.30. The van der Waals surface area contributed by atoms with Gasteiger partial charge in [0.25, 0.3) is 0 Å². The molecule has 2 heterocycles. The van der Waals surface area contributed by atoms with Crippen molar-refractivity contribution in [3.63, 3.8) is 0 Å². The second-order valence-electron chi connectivity index (χ2n) is 2.21. The van der Waals surface area contributed by atoms with Crippen molar-refractivity contribution in [1.29, 1.82) is 0 Å². The van der Waals surface area contributed by atoms with Crippen LogP contribution in [0.5, 0.6) is 0 Å². The molecule has 2 nitrogen and oxygen atoms in total. The smallest absolute Gasteiger partial charge is 0.134 e. The minimum absolute atomic E-state index is 0.209. The first-order chi connectivity index (χ1) is 4.88. The van der Waals surface area contributed by atoms with Gasteiger partial charge >= 0.3 is 0 Å². The molecule has 3 heteroatoms. The van der Waals surface area contributed by atoms with Gasteiger partial charge in [-0.3, -0.25) is 0 Å². The monoisotopic (exact) mass is 155 g/mol. The zero-order valence-corrected chi connectivity index (χ0v) is 6.01. The standard InChI is InChI=1S/C7H6ClNO/c8-7-5(6-4-10-6)2-1-3-9-7/h1-3,6H,4H2/t6-/m0/s1. The molecular weight excluding hydrogens is 150 g/mol. The SMILES string of the molecule is Clc1ncccc1[C@@H]1CO1. The molecule has 0 aromatic carbocycles. The lowest BCUT2D eigenvalue weighted by molar-refractivity contribution is 0.415. The van der Waals surface area contributed by atoms with Crippen LogP contribution in [-0.4, -0.2) is 11.6 Å². The lowest BCUT2D eigenvalue weighted by Crippen LogP contribution is -1.83. The topological polar surface area (TPSA) is 25.4 Å². The summed E-state index contributed by atoms with van der Waals surface area (Å²) >= 11 is 5.77. The molecule has 0 unspecified atom stereocenters. The third-order valence-corrected chi connectivity index (χ3v) is 1.78. The maximum absolute atomic E-state index is 5.77. The van der Waals surface area contributed by atoms with Crippen LogP contribution in [0.3, 0.4) is 0 Å². The fourth-order valence-electron chi connectivity index (χ4n) is 0.866. The molecule has 2 rings (SSSR count). The Kier molecular flexibility index (Phi) is 1.36. The minimum atomic E-state index is 0.209. The van der Waals surface area contributed by atoms with Crippen molar-refractivity contribution in [1.82, 2.24) is 4.98 Å². The van der Waals surface area contributed by atoms with Crippen LogP contribution in [-0.2, 0) is 4.74 Å². The predicted molar refractivity (Wildman–Crippen MR) is 37.9 cm³/mol. The molecule has 10 heavy (non-hydrogen) atoms. The van der Waals surface area contributed by atoms with Gasteiger partial charge in [0.1, 0.15) is 11.3 Å². The predicted octanol–water partition coefficient (Wildman–Crippen LogP) is 1.81. The van der Waals surface area contributed by atoms with Crippen LogP contribution in [0.15, 0.2) is 18.3 Å². The van der Waals surface area contributed by atoms with Crippen LogP contribution >= 0.6 is 11.6 Å². The van der Waals surface area contributed by atoms with E-state index in [0.29, 0.717) is 5.15 Å². The fourth-order valence-corrected chi connectivity index (χ4v) is 1.11. The van der Waals surface area contributed by atoms with E-state index >= 15 is 0 Å². The molecule has 0 radical (unpaired) electrons. The van der Waals surface area contributed by atoms with Crippen LogP contribution in [0.2, 0.25) is 5.15 Å². The second-order valence-corrected chi connectivity index (χ2v) is 2.56. The minimum Gasteiger partial charge on any atom is -0.368 e. The molecule has 0 saturated carbocycles. The molecule has 0 spiro atoms. The van der Waals surface area contributed by atoms with E-state index in [4.69, 9.17) is 16.3 Å². The number of epoxide rings is 1. The summed E-state index contributed by atoms with van der Waals surface area (Å²) in [6.45, 7) is 0.783. The lowest BCUT2D eigenvalue weighted by atomic mass is 10.2. The van der Waals surface area contributed by atoms with Gasteiger partial charge in [-0.25, -0.2) is 4.98 Å². The van der Waals surface area contributed by atoms with Crippen LogP contribution in [0.4, 0.5) is 0 Å². The van der Waals surface area contributed by atoms with Gasteiger partial charge in [0.2, 0.25) is 0 Å². The van der Waals surface area contributed by atoms with Gasteiger partial charge < -0.3 is 4.74 Å². The summed E-state index contributed by atoms with van der Waals surface area (Å²) in [7, 11) is 0. The van der Waals surface area contributed by atoms with Gasteiger partial charge in [0.05, 0.1) is 6.61 Å². The Labute approximate surface area is 63.8 Å². The Morgan fingerprint density at radius 1 is 1.70 bits per heavy atom. The first-order valence-electron chi connectivity index (χ1n) is 3.10. The summed E-state index contributed by atoms with van der Waals surface area (Å²) in [5, 5.41) is 0.560. The molecule has 0 aliphatic carbocycles. The third kappa shape index (κ3) is 1.00. The molecule has 1 aromatic rings. The van der Waals surface area contributed by atoms with E-state index in [1.807, 2.05) is 12.1 Å². The fraction of sp³-hybridized carbons (Fsp3) is 0.286. The van der Waals surface area contributed by atoms with E-state index in [0.717, 1.165) is 12.2 Å². The zero-order chi connectivity index (χ0) is 6.97. The molecule has 1 aliphatic rings. The van der Waals surface area contributed by atoms with Gasteiger partial charge in [-0.2, -0.15) is 0 Å². The van der Waals surface area contributed by atoms with Crippen LogP contribution in [0.25, 0.3) is 0 Å². The van der Waals surface area contributed by atoms with E-state index in [1.54, 1.807) is 6.20 Å². The molecular formula is C7H6ClNO. The zero-order valence-electron chi connectivity index (χ0n) is 5.25. The normalized spacial score (nSPS) is 22.7. The Morgan fingerprint density at radius 2 is 2.50 bits per heavy atom. The van der Waals surface area contributed by atoms with E-state index in [2.05, 4.69) is 4.98 Å². The summed E-state index contributed by atoms with van der Waals surface area (Å²) in [4.78, 5) is 3.93. The first kappa shape index (κ1) is 6.13. The van der Waals surface area contributed by atoms with Crippen molar-refractivity contribution in [3.8, 4) is 0 Å². The number of pyridine rings is 1. The number of nitrogens with zero attached hydrogens (tertiary/aromatic N) is 1. The maximum Gasteiger partial charge on any atom is 0.134 e. The Bertz CT molecular complexity index is 247. The number of halogens is 1. The molecule has 1 aromatic heterocycles. The van der Waals surface area contributed by atoms with E-state index < -0.39 is 0 Å². The Morgan fingerprint density at radius 3 is 3.10 bits per heavy atom. The van der Waals surface area contributed by atoms with Gasteiger partial charge in [-0.1, -0.05) is 17.7 Å². The van der Waals surface area contributed by atoms with Crippen molar-refractivity contribution in [3.05, 3.63) is 29.0 Å². The summed E-state index contributed by atoms with van der Waals surface area (Å²) in [5.74, 6) is 0. The van der Waals surface area contributed by atoms with Crippen LogP contribution in [0, 0.1) is 0 Å². The third-order valence-electron chi connectivity index (χ3n) is 1.47. The average Bonchev–Trinajstić information content (AvgIpc) is 2.71. The quantitative estimate of drug-likeness (QED) is 0.457. The maximum atomic E-state index is 5.77. The summed E-state index contributed by atoms with van der Waals surface area (Å²) in [5.41, 5.74) is 1.00. The molecule has 0 bridgehead atoms. The molecule has 1 aliphatic heterocycles. The largest absolute Gasteiger partial charge is 0.368 e. The number of ether oxygens (including phenoxy) is 1. The molecule has 52 valence electrons. The van der Waals surface area contributed by atoms with E-state index in [-0.39, 0.29) is 6.10 Å². The number of aromatic nitrogens is 1. The van der Waals surface area contributed by atoms with Crippen molar-refractivity contribution < 1.29 is 4.74 Å². The Hall–Kier alpha value is -0.600. The first-order valence-corrected chi connectivity index (χ1v) is 3.48. The number of hydrogen-bond donors (Lipinski definition) is 0. The van der Waals surface area contributed by atoms with Crippen molar-refractivity contribution in [2.75, 3.05) is 6.61 Å². The Balaban J connectivity index is 2.39.